The monoisotopic (exact) mass is 1190 g/mol. The summed E-state index contributed by atoms with van der Waals surface area (Å²) in [6, 6.07) is 0. The minimum atomic E-state index is -6.17. The van der Waals surface area contributed by atoms with Crippen LogP contribution in [0.3, 0.4) is 0 Å². The Balaban J connectivity index is 0. The van der Waals surface area contributed by atoms with E-state index in [2.05, 4.69) is 33.9 Å². The average Bonchev–Trinajstić information content (AvgIpc) is 3.24. The van der Waals surface area contributed by atoms with Crippen molar-refractivity contribution in [2.75, 3.05) is 39.6 Å². The summed E-state index contributed by atoms with van der Waals surface area (Å²) in [5.41, 5.74) is -16.7. The summed E-state index contributed by atoms with van der Waals surface area (Å²) in [5, 5.41) is 26.8. The Bertz CT molecular complexity index is 1840. The van der Waals surface area contributed by atoms with Gasteiger partial charge < -0.3 is 43.7 Å². The van der Waals surface area contributed by atoms with E-state index in [0.717, 1.165) is 46.0 Å². The van der Waals surface area contributed by atoms with Crippen LogP contribution < -0.4 is 0 Å². The lowest BCUT2D eigenvalue weighted by Crippen LogP contribution is -2.58. The van der Waals surface area contributed by atoms with Crippen LogP contribution in [-0.4, -0.2) is 157 Å². The molecule has 12 nitrogen and oxygen atoms in total. The van der Waals surface area contributed by atoms with Gasteiger partial charge in [0.2, 0.25) is 0 Å². The second-order valence-corrected chi connectivity index (χ2v) is 16.5. The summed E-state index contributed by atoms with van der Waals surface area (Å²) in [7, 11) is 0. The molecule has 0 bridgehead atoms. The lowest BCUT2D eigenvalue weighted by Gasteiger charge is -2.34. The largest absolute Gasteiger partial charge is 0.463 e. The van der Waals surface area contributed by atoms with Crippen molar-refractivity contribution in [2.45, 2.75) is 157 Å². The zero-order valence-electron chi connectivity index (χ0n) is 39.9. The van der Waals surface area contributed by atoms with Crippen LogP contribution in [0.1, 0.15) is 72.1 Å². The Hall–Kier alpha value is -4.29. The van der Waals surface area contributed by atoms with Gasteiger partial charge in [0.05, 0.1) is 68.6 Å². The minimum Gasteiger partial charge on any atom is -0.463 e. The fourth-order valence-corrected chi connectivity index (χ4v) is 5.65. The van der Waals surface area contributed by atoms with Crippen molar-refractivity contribution in [3.63, 3.8) is 0 Å². The number of alkyl halides is 24. The third kappa shape index (κ3) is 23.5. The maximum Gasteiger partial charge on any atom is 0.434 e. The molecule has 0 saturated heterocycles. The molecular weight excluding hydrogens is 1140 g/mol. The minimum absolute atomic E-state index is 0.0231. The van der Waals surface area contributed by atoms with Gasteiger partial charge in [0.1, 0.15) is 0 Å². The molecule has 454 valence electrons. The first-order valence-corrected chi connectivity index (χ1v) is 21.3. The number of halogens is 24. The summed E-state index contributed by atoms with van der Waals surface area (Å²) in [6.07, 6.45) is -56.5. The molecule has 0 spiro atoms. The SMILES string of the molecule is C=C(COC(C)CC(O)(C(F)(F)F)C(F)(F)F)C(=O)OCC.C=C(COC(C)CC(O)(C(F)(F)F)C(F)(F)F)C(=O)OCC1CCCCC1.C=C(COCCC(O)(C(F)(F)F)C(F)(F)F)C(=O)OC(C(F)(F)F)C(F)(F)F. The van der Waals surface area contributed by atoms with Gasteiger partial charge >= 0.3 is 67.3 Å². The number of hydrogen-bond acceptors (Lipinski definition) is 12. The van der Waals surface area contributed by atoms with E-state index in [9.17, 15) is 120 Å². The van der Waals surface area contributed by atoms with Crippen molar-refractivity contribution in [3.05, 3.63) is 36.5 Å². The molecule has 0 amide bonds. The van der Waals surface area contributed by atoms with Crippen LogP contribution in [0.15, 0.2) is 36.5 Å². The topological polar surface area (TPSA) is 167 Å². The number of ether oxygens (including phenoxy) is 6. The van der Waals surface area contributed by atoms with E-state index in [4.69, 9.17) is 29.5 Å². The molecule has 0 aromatic carbocycles. The van der Waals surface area contributed by atoms with Crippen LogP contribution in [0.4, 0.5) is 105 Å². The van der Waals surface area contributed by atoms with Crippen LogP contribution in [-0.2, 0) is 42.8 Å². The van der Waals surface area contributed by atoms with Gasteiger partial charge in [-0.2, -0.15) is 105 Å². The van der Waals surface area contributed by atoms with Gasteiger partial charge in [0, 0.05) is 19.3 Å². The van der Waals surface area contributed by atoms with E-state index in [1.54, 1.807) is 0 Å². The van der Waals surface area contributed by atoms with Crippen LogP contribution in [0.25, 0.3) is 0 Å². The Morgan fingerprint density at radius 1 is 0.494 bits per heavy atom. The highest BCUT2D eigenvalue weighted by Crippen LogP contribution is 2.48. The van der Waals surface area contributed by atoms with Gasteiger partial charge in [-0.25, -0.2) is 14.4 Å². The van der Waals surface area contributed by atoms with Crippen LogP contribution in [0.2, 0.25) is 0 Å². The van der Waals surface area contributed by atoms with Crippen molar-refractivity contribution in [1.82, 2.24) is 0 Å². The number of hydrogen-bond donors (Lipinski definition) is 3. The number of carbonyl (C=O) groups excluding carboxylic acids is 3. The molecule has 77 heavy (non-hydrogen) atoms. The molecule has 1 rings (SSSR count). The normalized spacial score (nSPS) is 15.8. The molecule has 2 unspecified atom stereocenters. The molecule has 0 aliphatic heterocycles. The summed E-state index contributed by atoms with van der Waals surface area (Å²) in [5.74, 6) is -3.75. The quantitative estimate of drug-likeness (QED) is 0.0309. The summed E-state index contributed by atoms with van der Waals surface area (Å²) in [6.45, 7) is 8.70. The predicted octanol–water partition coefficient (Wildman–Crippen LogP) is 10.9. The summed E-state index contributed by atoms with van der Waals surface area (Å²) in [4.78, 5) is 34.1. The van der Waals surface area contributed by atoms with Gasteiger partial charge in [-0.15, -0.1) is 0 Å². The van der Waals surface area contributed by atoms with E-state index in [-0.39, 0.29) is 30.3 Å². The highest BCUT2D eigenvalue weighted by Gasteiger charge is 2.72. The molecule has 1 aliphatic carbocycles. The van der Waals surface area contributed by atoms with Gasteiger partial charge in [-0.1, -0.05) is 39.0 Å². The zero-order valence-corrected chi connectivity index (χ0v) is 39.9. The Morgan fingerprint density at radius 3 is 1.13 bits per heavy atom. The van der Waals surface area contributed by atoms with Crippen molar-refractivity contribution in [3.8, 4) is 0 Å². The van der Waals surface area contributed by atoms with Crippen LogP contribution in [0, 0.1) is 5.92 Å². The fourth-order valence-electron chi connectivity index (χ4n) is 5.65. The standard InChI is InChI=1S/C17H24F6O4.C12H10F12O4.C12H16F6O4/c1-11(14(24)27-10-13-6-4-3-5-7-13)9-26-12(2)8-15(25,16(18,19)20)17(21,22)23;1-5(6(25)28-7(9(13,14)15)10(16,17)18)4-27-3-2-8(26,11(19,20)21)12(22,23)24;1-4-21-9(19)7(2)6-22-8(3)5-10(20,11(13,14)15)12(16,17)18/h12-13,25H,1,3-10H2,2H3;7,26H,1-4H2;8,20H,2,4-6H2,1,3H3. The van der Waals surface area contributed by atoms with Crippen molar-refractivity contribution >= 4 is 17.9 Å². The first-order valence-electron chi connectivity index (χ1n) is 21.3. The second kappa shape index (κ2) is 28.7. The molecule has 36 heteroatoms. The highest BCUT2D eigenvalue weighted by atomic mass is 19.4. The predicted molar refractivity (Wildman–Crippen MR) is 210 cm³/mol. The number of carbonyl (C=O) groups is 3. The maximum absolute atomic E-state index is 12.6. The van der Waals surface area contributed by atoms with E-state index in [1.807, 2.05) is 0 Å². The van der Waals surface area contributed by atoms with Crippen molar-refractivity contribution in [2.24, 2.45) is 5.92 Å². The fraction of sp³-hybridized carbons (Fsp3) is 0.780. The van der Waals surface area contributed by atoms with Gasteiger partial charge in [-0.05, 0) is 39.5 Å². The smallest absolute Gasteiger partial charge is 0.434 e. The highest BCUT2D eigenvalue weighted by molar-refractivity contribution is 5.88. The third-order valence-electron chi connectivity index (χ3n) is 10.1. The van der Waals surface area contributed by atoms with E-state index >= 15 is 0 Å². The molecule has 3 N–H and O–H groups in total. The lowest BCUT2D eigenvalue weighted by molar-refractivity contribution is -0.374. The molecule has 1 fully saturated rings. The third-order valence-corrected chi connectivity index (χ3v) is 10.1. The van der Waals surface area contributed by atoms with Crippen LogP contribution in [0.5, 0.6) is 0 Å². The first-order chi connectivity index (χ1) is 34.2. The molecular formula is C41H50F24O12. The Kier molecular flexibility index (Phi) is 27.9. The molecule has 1 aliphatic rings. The van der Waals surface area contributed by atoms with E-state index in [1.165, 1.54) is 6.92 Å². The lowest BCUT2D eigenvalue weighted by atomic mass is 9.90. The molecule has 0 aromatic heterocycles. The molecule has 0 heterocycles. The molecule has 0 radical (unpaired) electrons. The molecule has 1 saturated carbocycles. The molecule has 0 aromatic rings. The van der Waals surface area contributed by atoms with Crippen molar-refractivity contribution in [1.29, 1.82) is 0 Å². The zero-order chi connectivity index (χ0) is 61.4. The van der Waals surface area contributed by atoms with Crippen LogP contribution >= 0.6 is 0 Å². The average molecular weight is 1190 g/mol. The first kappa shape index (κ1) is 74.8. The van der Waals surface area contributed by atoms with Gasteiger partial charge in [0.15, 0.2) is 0 Å². The summed E-state index contributed by atoms with van der Waals surface area (Å²) >= 11 is 0. The van der Waals surface area contributed by atoms with Gasteiger partial charge in [0.25, 0.3) is 22.9 Å². The maximum atomic E-state index is 12.6. The number of rotatable bonds is 22. The molecule has 2 atom stereocenters. The van der Waals surface area contributed by atoms with Gasteiger partial charge in [-0.3, -0.25) is 0 Å². The Labute approximate surface area is 420 Å². The number of esters is 3. The number of aliphatic hydroxyl groups is 3. The summed E-state index contributed by atoms with van der Waals surface area (Å²) < 4.78 is 324. The van der Waals surface area contributed by atoms with E-state index in [0.29, 0.717) is 0 Å². The van der Waals surface area contributed by atoms with Crippen molar-refractivity contribution < 1.29 is 163 Å². The van der Waals surface area contributed by atoms with E-state index < -0.39 is 154 Å². The second-order valence-electron chi connectivity index (χ2n) is 16.5. The Morgan fingerprint density at radius 2 is 0.818 bits per heavy atom.